The Balaban J connectivity index is 2.08. The maximum absolute atomic E-state index is 5.95. The molecule has 1 aromatic carbocycles. The van der Waals surface area contributed by atoms with Crippen molar-refractivity contribution < 1.29 is 4.74 Å². The Morgan fingerprint density at radius 2 is 1.94 bits per heavy atom. The first-order chi connectivity index (χ1) is 8.29. The number of benzene rings is 1. The van der Waals surface area contributed by atoms with Crippen LogP contribution in [-0.2, 0) is 0 Å². The van der Waals surface area contributed by atoms with Crippen molar-refractivity contribution in [3.63, 3.8) is 0 Å². The van der Waals surface area contributed by atoms with Gasteiger partial charge >= 0.3 is 0 Å². The molecule has 1 aromatic heterocycles. The molecule has 0 saturated carbocycles. The lowest BCUT2D eigenvalue weighted by atomic mass is 10.1. The van der Waals surface area contributed by atoms with Crippen LogP contribution in [0, 0.1) is 0 Å². The van der Waals surface area contributed by atoms with E-state index in [9.17, 15) is 0 Å². The number of rotatable bonds is 4. The van der Waals surface area contributed by atoms with E-state index >= 15 is 0 Å². The average Bonchev–Trinajstić information content (AvgIpc) is 2.40. The van der Waals surface area contributed by atoms with Gasteiger partial charge in [-0.2, -0.15) is 0 Å². The highest BCUT2D eigenvalue weighted by Gasteiger charge is 2.03. The summed E-state index contributed by atoms with van der Waals surface area (Å²) in [5.74, 6) is 1.53. The van der Waals surface area contributed by atoms with Crippen LogP contribution in [0.2, 0.25) is 0 Å². The maximum atomic E-state index is 5.95. The molecule has 1 atom stereocenters. The Kier molecular flexibility index (Phi) is 3.73. The highest BCUT2D eigenvalue weighted by molar-refractivity contribution is 5.32. The summed E-state index contributed by atoms with van der Waals surface area (Å²) in [6, 6.07) is 11.7. The van der Waals surface area contributed by atoms with Crippen LogP contribution in [0.5, 0.6) is 11.5 Å². The van der Waals surface area contributed by atoms with E-state index in [2.05, 4.69) is 11.9 Å². The Morgan fingerprint density at radius 3 is 2.53 bits per heavy atom. The van der Waals surface area contributed by atoms with Gasteiger partial charge in [0, 0.05) is 12.2 Å². The minimum absolute atomic E-state index is 0.0995. The zero-order chi connectivity index (χ0) is 12.1. The second kappa shape index (κ2) is 5.46. The quantitative estimate of drug-likeness (QED) is 0.873. The number of ether oxygens (including phenoxy) is 1. The van der Waals surface area contributed by atoms with Crippen LogP contribution in [-0.4, -0.2) is 4.98 Å². The molecule has 0 amide bonds. The monoisotopic (exact) mass is 228 g/mol. The SMILES string of the molecule is CCC(N)c1ccc(Oc2cccnc2)cc1. The molecule has 1 unspecified atom stereocenters. The van der Waals surface area contributed by atoms with Gasteiger partial charge in [0.25, 0.3) is 0 Å². The summed E-state index contributed by atoms with van der Waals surface area (Å²) >= 11 is 0. The first-order valence-electron chi connectivity index (χ1n) is 5.73. The summed E-state index contributed by atoms with van der Waals surface area (Å²) in [5.41, 5.74) is 7.08. The summed E-state index contributed by atoms with van der Waals surface area (Å²) in [7, 11) is 0. The fraction of sp³-hybridized carbons (Fsp3) is 0.214. The van der Waals surface area contributed by atoms with Crippen LogP contribution in [0.1, 0.15) is 24.9 Å². The largest absolute Gasteiger partial charge is 0.456 e. The van der Waals surface area contributed by atoms with Gasteiger partial charge in [0.2, 0.25) is 0 Å². The summed E-state index contributed by atoms with van der Waals surface area (Å²) in [6.07, 6.45) is 4.34. The molecule has 0 fully saturated rings. The zero-order valence-corrected chi connectivity index (χ0v) is 9.84. The van der Waals surface area contributed by atoms with E-state index in [1.807, 2.05) is 36.4 Å². The zero-order valence-electron chi connectivity index (χ0n) is 9.84. The summed E-state index contributed by atoms with van der Waals surface area (Å²) in [5, 5.41) is 0. The van der Waals surface area contributed by atoms with Gasteiger partial charge in [0.1, 0.15) is 11.5 Å². The molecule has 2 N–H and O–H groups in total. The number of aromatic nitrogens is 1. The predicted molar refractivity (Wildman–Crippen MR) is 68.0 cm³/mol. The molecule has 0 radical (unpaired) electrons. The van der Waals surface area contributed by atoms with Crippen molar-refractivity contribution in [1.29, 1.82) is 0 Å². The number of hydrogen-bond donors (Lipinski definition) is 1. The second-order valence-electron chi connectivity index (χ2n) is 3.87. The van der Waals surface area contributed by atoms with Crippen LogP contribution in [0.4, 0.5) is 0 Å². The standard InChI is InChI=1S/C14H16N2O/c1-2-14(15)11-5-7-12(8-6-11)17-13-4-3-9-16-10-13/h3-10,14H,2,15H2,1H3. The number of hydrogen-bond acceptors (Lipinski definition) is 3. The topological polar surface area (TPSA) is 48.1 Å². The third-order valence-corrected chi connectivity index (χ3v) is 2.62. The van der Waals surface area contributed by atoms with E-state index in [0.717, 1.165) is 23.5 Å². The Morgan fingerprint density at radius 1 is 1.18 bits per heavy atom. The van der Waals surface area contributed by atoms with E-state index in [0.29, 0.717) is 0 Å². The van der Waals surface area contributed by atoms with E-state index < -0.39 is 0 Å². The molecule has 0 aliphatic heterocycles. The van der Waals surface area contributed by atoms with E-state index in [1.54, 1.807) is 12.4 Å². The smallest absolute Gasteiger partial charge is 0.145 e. The van der Waals surface area contributed by atoms with Gasteiger partial charge in [0.05, 0.1) is 6.20 Å². The third-order valence-electron chi connectivity index (χ3n) is 2.62. The lowest BCUT2D eigenvalue weighted by Crippen LogP contribution is -2.07. The maximum Gasteiger partial charge on any atom is 0.145 e. The minimum Gasteiger partial charge on any atom is -0.456 e. The summed E-state index contributed by atoms with van der Waals surface area (Å²) in [4.78, 5) is 3.99. The lowest BCUT2D eigenvalue weighted by molar-refractivity contribution is 0.480. The van der Waals surface area contributed by atoms with Crippen molar-refractivity contribution in [1.82, 2.24) is 4.98 Å². The van der Waals surface area contributed by atoms with Crippen molar-refractivity contribution in [2.24, 2.45) is 5.73 Å². The molecular weight excluding hydrogens is 212 g/mol. The van der Waals surface area contributed by atoms with Gasteiger partial charge in [-0.15, -0.1) is 0 Å². The van der Waals surface area contributed by atoms with Crippen LogP contribution in [0.25, 0.3) is 0 Å². The Labute approximate surface area is 101 Å². The van der Waals surface area contributed by atoms with Crippen LogP contribution in [0.3, 0.4) is 0 Å². The van der Waals surface area contributed by atoms with Crippen molar-refractivity contribution in [2.45, 2.75) is 19.4 Å². The minimum atomic E-state index is 0.0995. The molecule has 88 valence electrons. The summed E-state index contributed by atoms with van der Waals surface area (Å²) < 4.78 is 5.64. The molecule has 3 nitrogen and oxygen atoms in total. The van der Waals surface area contributed by atoms with Crippen LogP contribution in [0.15, 0.2) is 48.8 Å². The number of nitrogens with two attached hydrogens (primary N) is 1. The van der Waals surface area contributed by atoms with Crippen LogP contribution >= 0.6 is 0 Å². The molecule has 0 saturated heterocycles. The second-order valence-corrected chi connectivity index (χ2v) is 3.87. The van der Waals surface area contributed by atoms with Gasteiger partial charge in [-0.3, -0.25) is 4.98 Å². The van der Waals surface area contributed by atoms with Crippen molar-refractivity contribution in [3.05, 3.63) is 54.4 Å². The van der Waals surface area contributed by atoms with Gasteiger partial charge < -0.3 is 10.5 Å². The van der Waals surface area contributed by atoms with Gasteiger partial charge in [-0.1, -0.05) is 19.1 Å². The molecule has 0 aliphatic carbocycles. The predicted octanol–water partition coefficient (Wildman–Crippen LogP) is 3.28. The fourth-order valence-electron chi connectivity index (χ4n) is 1.56. The van der Waals surface area contributed by atoms with Crippen LogP contribution < -0.4 is 10.5 Å². The highest BCUT2D eigenvalue weighted by atomic mass is 16.5. The molecule has 0 aliphatic rings. The van der Waals surface area contributed by atoms with Crippen molar-refractivity contribution in [2.75, 3.05) is 0 Å². The average molecular weight is 228 g/mol. The fourth-order valence-corrected chi connectivity index (χ4v) is 1.56. The van der Waals surface area contributed by atoms with Gasteiger partial charge in [0.15, 0.2) is 0 Å². The molecule has 2 rings (SSSR count). The lowest BCUT2D eigenvalue weighted by Gasteiger charge is -2.10. The Bertz CT molecular complexity index is 453. The van der Waals surface area contributed by atoms with Crippen molar-refractivity contribution in [3.8, 4) is 11.5 Å². The third kappa shape index (κ3) is 3.04. The molecule has 0 spiro atoms. The number of nitrogens with zero attached hydrogens (tertiary/aromatic N) is 1. The highest BCUT2D eigenvalue weighted by Crippen LogP contribution is 2.22. The number of pyridine rings is 1. The van der Waals surface area contributed by atoms with Gasteiger partial charge in [-0.05, 0) is 36.2 Å². The molecule has 3 heteroatoms. The van der Waals surface area contributed by atoms with E-state index in [-0.39, 0.29) is 6.04 Å². The van der Waals surface area contributed by atoms with Gasteiger partial charge in [-0.25, -0.2) is 0 Å². The Hall–Kier alpha value is -1.87. The molecule has 1 heterocycles. The normalized spacial score (nSPS) is 12.1. The summed E-state index contributed by atoms with van der Waals surface area (Å²) in [6.45, 7) is 2.07. The first-order valence-corrected chi connectivity index (χ1v) is 5.73. The molecule has 17 heavy (non-hydrogen) atoms. The molecule has 0 bridgehead atoms. The molecular formula is C14H16N2O. The first kappa shape index (κ1) is 11.6. The van der Waals surface area contributed by atoms with E-state index in [1.165, 1.54) is 0 Å². The van der Waals surface area contributed by atoms with Crippen molar-refractivity contribution >= 4 is 0 Å². The van der Waals surface area contributed by atoms with E-state index in [4.69, 9.17) is 10.5 Å². The molecule has 2 aromatic rings.